The van der Waals surface area contributed by atoms with Crippen LogP contribution in [0.4, 0.5) is 5.69 Å². The van der Waals surface area contributed by atoms with Crippen LogP contribution >= 0.6 is 0 Å². The first-order valence-corrected chi connectivity index (χ1v) is 2.67. The molecule has 1 rings (SSSR count). The lowest BCUT2D eigenvalue weighted by Crippen LogP contribution is -2.28. The summed E-state index contributed by atoms with van der Waals surface area (Å²) in [6.07, 6.45) is 3.04. The van der Waals surface area contributed by atoms with Crippen molar-refractivity contribution in [1.29, 1.82) is 0 Å². The summed E-state index contributed by atoms with van der Waals surface area (Å²) in [5.41, 5.74) is 7.03. The second-order valence-corrected chi connectivity index (χ2v) is 1.96. The molecule has 0 aliphatic heterocycles. The maximum absolute atomic E-state index is 8.80. The van der Waals surface area contributed by atoms with Crippen LogP contribution < -0.4 is 10.5 Å². The molecule has 0 spiro atoms. The lowest BCUT2D eigenvalue weighted by Gasteiger charge is -1.91. The molecule has 0 saturated heterocycles. The van der Waals surface area contributed by atoms with Gasteiger partial charge in [0.25, 0.3) is 0 Å². The summed E-state index contributed by atoms with van der Waals surface area (Å²) in [7, 11) is 0. The maximum Gasteiger partial charge on any atom is 0.227 e. The van der Waals surface area contributed by atoms with E-state index in [0.29, 0.717) is 5.69 Å². The number of aromatic nitrogens is 1. The third-order valence-corrected chi connectivity index (χ3v) is 1.19. The van der Waals surface area contributed by atoms with Crippen molar-refractivity contribution >= 4 is 5.69 Å². The topological polar surface area (TPSA) is 50.1 Å². The minimum absolute atomic E-state index is 0.695. The summed E-state index contributed by atoms with van der Waals surface area (Å²) in [4.78, 5) is 0. The Labute approximate surface area is 53.3 Å². The molecule has 0 bridgehead atoms. The summed E-state index contributed by atoms with van der Waals surface area (Å²) in [6.45, 7) is 1.84. The van der Waals surface area contributed by atoms with Gasteiger partial charge in [0.15, 0.2) is 0 Å². The number of nitrogen functional groups attached to an aromatic ring is 1. The van der Waals surface area contributed by atoms with Crippen LogP contribution in [0.3, 0.4) is 0 Å². The van der Waals surface area contributed by atoms with Crippen molar-refractivity contribution in [3.8, 4) is 0 Å². The van der Waals surface area contributed by atoms with E-state index >= 15 is 0 Å². The minimum Gasteiger partial charge on any atom is -0.398 e. The van der Waals surface area contributed by atoms with Gasteiger partial charge in [-0.05, 0) is 6.92 Å². The van der Waals surface area contributed by atoms with E-state index < -0.39 is 0 Å². The van der Waals surface area contributed by atoms with E-state index in [1.165, 1.54) is 6.20 Å². The second kappa shape index (κ2) is 1.93. The van der Waals surface area contributed by atoms with E-state index in [9.17, 15) is 0 Å². The number of nitrogens with two attached hydrogens (primary N) is 1. The Kier molecular flexibility index (Phi) is 1.26. The van der Waals surface area contributed by atoms with Crippen LogP contribution in [0.5, 0.6) is 0 Å². The summed E-state index contributed by atoms with van der Waals surface area (Å²) in [5.74, 6) is 0. The van der Waals surface area contributed by atoms with Crippen LogP contribution in [0.2, 0.25) is 0 Å². The molecule has 3 N–H and O–H groups in total. The molecule has 3 heteroatoms. The number of aryl methyl sites for hydroxylation is 1. The molecular weight excluding hydrogens is 116 g/mol. The SMILES string of the molecule is Cc1c[n+](O)ccc1N. The van der Waals surface area contributed by atoms with Crippen LogP contribution in [-0.2, 0) is 0 Å². The number of nitrogens with zero attached hydrogens (tertiary/aromatic N) is 1. The average molecular weight is 125 g/mol. The quantitative estimate of drug-likeness (QED) is 0.381. The van der Waals surface area contributed by atoms with Crippen LogP contribution in [0, 0.1) is 6.92 Å². The van der Waals surface area contributed by atoms with Crippen molar-refractivity contribution in [2.75, 3.05) is 5.73 Å². The smallest absolute Gasteiger partial charge is 0.227 e. The number of pyridine rings is 1. The Morgan fingerprint density at radius 2 is 2.33 bits per heavy atom. The largest absolute Gasteiger partial charge is 0.398 e. The molecule has 0 radical (unpaired) electrons. The molecule has 0 aliphatic rings. The monoisotopic (exact) mass is 125 g/mol. The normalized spacial score (nSPS) is 9.44. The van der Waals surface area contributed by atoms with Crippen LogP contribution in [0.1, 0.15) is 5.56 Å². The molecule has 0 aromatic carbocycles. The van der Waals surface area contributed by atoms with Crippen molar-refractivity contribution in [3.63, 3.8) is 0 Å². The number of hydrogen-bond donors (Lipinski definition) is 2. The fourth-order valence-electron chi connectivity index (χ4n) is 0.604. The third-order valence-electron chi connectivity index (χ3n) is 1.19. The highest BCUT2D eigenvalue weighted by Gasteiger charge is 1.98. The summed E-state index contributed by atoms with van der Waals surface area (Å²) < 4.78 is 0.978. The molecule has 0 atom stereocenters. The van der Waals surface area contributed by atoms with Crippen molar-refractivity contribution in [3.05, 3.63) is 24.0 Å². The molecule has 1 aromatic heterocycles. The first-order chi connectivity index (χ1) is 4.20. The van der Waals surface area contributed by atoms with Gasteiger partial charge in [-0.2, -0.15) is 0 Å². The standard InChI is InChI=1S/C6H8N2O/c1-5-4-8(9)3-2-6(5)7/h2-4,7,9H,1H3/p+1. The Morgan fingerprint density at radius 3 is 2.78 bits per heavy atom. The molecular formula is C6H9N2O+. The van der Waals surface area contributed by atoms with Crippen molar-refractivity contribution in [2.24, 2.45) is 0 Å². The van der Waals surface area contributed by atoms with Gasteiger partial charge in [0.2, 0.25) is 12.4 Å². The predicted octanol–water partition coefficient (Wildman–Crippen LogP) is 0.102. The van der Waals surface area contributed by atoms with Gasteiger partial charge in [0.1, 0.15) is 0 Å². The van der Waals surface area contributed by atoms with Gasteiger partial charge in [0, 0.05) is 22.0 Å². The van der Waals surface area contributed by atoms with Crippen molar-refractivity contribution in [2.45, 2.75) is 6.92 Å². The number of anilines is 1. The highest BCUT2D eigenvalue weighted by molar-refractivity contribution is 5.41. The number of rotatable bonds is 0. The summed E-state index contributed by atoms with van der Waals surface area (Å²) in [6, 6.07) is 1.65. The lowest BCUT2D eigenvalue weighted by atomic mass is 10.3. The van der Waals surface area contributed by atoms with E-state index in [0.717, 1.165) is 10.3 Å². The zero-order chi connectivity index (χ0) is 6.85. The Bertz CT molecular complexity index is 222. The summed E-state index contributed by atoms with van der Waals surface area (Å²) in [5, 5.41) is 8.80. The Hall–Kier alpha value is -1.25. The first-order valence-electron chi connectivity index (χ1n) is 2.67. The third kappa shape index (κ3) is 1.10. The van der Waals surface area contributed by atoms with E-state index in [2.05, 4.69) is 0 Å². The molecule has 0 saturated carbocycles. The van der Waals surface area contributed by atoms with Gasteiger partial charge in [-0.15, -0.1) is 0 Å². The van der Waals surface area contributed by atoms with Crippen molar-refractivity contribution in [1.82, 2.24) is 0 Å². The average Bonchev–Trinajstić information content (AvgIpc) is 1.80. The predicted molar refractivity (Wildman–Crippen MR) is 33.0 cm³/mol. The molecule has 48 valence electrons. The molecule has 0 unspecified atom stereocenters. The van der Waals surface area contributed by atoms with E-state index in [-0.39, 0.29) is 0 Å². The lowest BCUT2D eigenvalue weighted by molar-refractivity contribution is -0.905. The Balaban J connectivity index is 3.17. The van der Waals surface area contributed by atoms with Gasteiger partial charge in [-0.25, -0.2) is 0 Å². The highest BCUT2D eigenvalue weighted by Crippen LogP contribution is 2.03. The molecule has 0 fully saturated rings. The van der Waals surface area contributed by atoms with Crippen LogP contribution in [-0.4, -0.2) is 5.21 Å². The highest BCUT2D eigenvalue weighted by atomic mass is 16.5. The molecule has 3 nitrogen and oxygen atoms in total. The molecule has 0 amide bonds. The van der Waals surface area contributed by atoms with E-state index in [1.54, 1.807) is 12.3 Å². The Morgan fingerprint density at radius 1 is 1.67 bits per heavy atom. The van der Waals surface area contributed by atoms with Gasteiger partial charge in [0.05, 0.1) is 0 Å². The minimum atomic E-state index is 0.695. The molecule has 0 aliphatic carbocycles. The summed E-state index contributed by atoms with van der Waals surface area (Å²) >= 11 is 0. The van der Waals surface area contributed by atoms with Gasteiger partial charge in [-0.1, -0.05) is 0 Å². The van der Waals surface area contributed by atoms with Gasteiger partial charge >= 0.3 is 0 Å². The van der Waals surface area contributed by atoms with Gasteiger partial charge < -0.3 is 5.73 Å². The first kappa shape index (κ1) is 5.88. The maximum atomic E-state index is 8.80. The fourth-order valence-corrected chi connectivity index (χ4v) is 0.604. The fraction of sp³-hybridized carbons (Fsp3) is 0.167. The van der Waals surface area contributed by atoms with E-state index in [4.69, 9.17) is 10.9 Å². The van der Waals surface area contributed by atoms with Crippen LogP contribution in [0.25, 0.3) is 0 Å². The van der Waals surface area contributed by atoms with Crippen LogP contribution in [0.15, 0.2) is 18.5 Å². The molecule has 1 heterocycles. The number of hydrogen-bond acceptors (Lipinski definition) is 2. The van der Waals surface area contributed by atoms with E-state index in [1.807, 2.05) is 6.92 Å². The zero-order valence-corrected chi connectivity index (χ0v) is 5.20. The van der Waals surface area contributed by atoms with Gasteiger partial charge in [-0.3, -0.25) is 5.21 Å². The second-order valence-electron chi connectivity index (χ2n) is 1.96. The molecule has 1 aromatic rings. The molecule has 9 heavy (non-hydrogen) atoms. The van der Waals surface area contributed by atoms with Crippen molar-refractivity contribution < 1.29 is 9.94 Å². The zero-order valence-electron chi connectivity index (χ0n) is 5.20.